The number of benzene rings is 1. The van der Waals surface area contributed by atoms with Gasteiger partial charge in [-0.3, -0.25) is 14.9 Å². The van der Waals surface area contributed by atoms with Crippen LogP contribution in [0.15, 0.2) is 18.2 Å². The fourth-order valence-corrected chi connectivity index (χ4v) is 2.96. The summed E-state index contributed by atoms with van der Waals surface area (Å²) in [7, 11) is 0. The average molecular weight is 408 g/mol. The molecule has 10 nitrogen and oxygen atoms in total. The predicted molar refractivity (Wildman–Crippen MR) is 101 cm³/mol. The van der Waals surface area contributed by atoms with E-state index in [-0.39, 0.29) is 23.0 Å². The van der Waals surface area contributed by atoms with Crippen LogP contribution in [0.2, 0.25) is 0 Å². The molecule has 0 bridgehead atoms. The lowest BCUT2D eigenvalue weighted by Crippen LogP contribution is -2.43. The predicted octanol–water partition coefficient (Wildman–Crippen LogP) is 2.89. The molecule has 0 unspecified atom stereocenters. The van der Waals surface area contributed by atoms with Crippen molar-refractivity contribution in [3.8, 4) is 5.75 Å². The Kier molecular flexibility index (Phi) is 6.78. The highest BCUT2D eigenvalue weighted by atomic mass is 16.6. The van der Waals surface area contributed by atoms with E-state index in [0.29, 0.717) is 25.9 Å². The number of ketones is 1. The number of piperidine rings is 1. The Morgan fingerprint density at radius 2 is 1.86 bits per heavy atom. The van der Waals surface area contributed by atoms with Gasteiger partial charge in [-0.1, -0.05) is 0 Å². The molecule has 1 N–H and O–H groups in total. The number of aliphatic carboxylic acids is 1. The largest absolute Gasteiger partial charge is 0.479 e. The first kappa shape index (κ1) is 22.1. The van der Waals surface area contributed by atoms with Gasteiger partial charge < -0.3 is 19.5 Å². The molecule has 0 aromatic heterocycles. The molecule has 1 aliphatic rings. The molecule has 1 aliphatic heterocycles. The van der Waals surface area contributed by atoms with E-state index in [1.165, 1.54) is 12.1 Å². The van der Waals surface area contributed by atoms with Crippen molar-refractivity contribution in [3.63, 3.8) is 0 Å². The molecule has 0 radical (unpaired) electrons. The van der Waals surface area contributed by atoms with Crippen molar-refractivity contribution in [2.45, 2.75) is 39.2 Å². The van der Waals surface area contributed by atoms with E-state index in [4.69, 9.17) is 14.6 Å². The molecule has 10 heteroatoms. The molecule has 1 saturated heterocycles. The number of ether oxygens (including phenoxy) is 2. The highest BCUT2D eigenvalue weighted by Gasteiger charge is 2.31. The molecule has 158 valence electrons. The number of carbonyl (C=O) groups excluding carboxylic acids is 2. The van der Waals surface area contributed by atoms with Crippen LogP contribution in [0.4, 0.5) is 10.5 Å². The summed E-state index contributed by atoms with van der Waals surface area (Å²) in [5.41, 5.74) is -0.925. The first-order chi connectivity index (χ1) is 13.5. The lowest BCUT2D eigenvalue weighted by molar-refractivity contribution is -0.385. The first-order valence-corrected chi connectivity index (χ1v) is 9.13. The Labute approximate surface area is 167 Å². The molecule has 1 aromatic carbocycles. The Balaban J connectivity index is 2.05. The summed E-state index contributed by atoms with van der Waals surface area (Å²) >= 11 is 0. The summed E-state index contributed by atoms with van der Waals surface area (Å²) in [6, 6.07) is 3.71. The van der Waals surface area contributed by atoms with Gasteiger partial charge in [0.15, 0.2) is 18.1 Å². The number of nitro groups is 1. The quantitative estimate of drug-likeness (QED) is 0.431. The third-order valence-electron chi connectivity index (χ3n) is 4.31. The maximum absolute atomic E-state index is 12.8. The third-order valence-corrected chi connectivity index (χ3v) is 4.31. The van der Waals surface area contributed by atoms with Crippen molar-refractivity contribution >= 4 is 23.5 Å². The molecule has 1 heterocycles. The summed E-state index contributed by atoms with van der Waals surface area (Å²) in [4.78, 5) is 47.6. The fraction of sp³-hybridized carbons (Fsp3) is 0.526. The first-order valence-electron chi connectivity index (χ1n) is 9.13. The SMILES string of the molecule is CC(C)(C)OC(=O)N1CCC(C(=O)c2ccc(OCC(=O)O)c([N+](=O)[O-])c2)CC1. The van der Waals surface area contributed by atoms with Crippen molar-refractivity contribution in [2.75, 3.05) is 19.7 Å². The van der Waals surface area contributed by atoms with Gasteiger partial charge in [-0.05, 0) is 45.7 Å². The minimum Gasteiger partial charge on any atom is -0.479 e. The van der Waals surface area contributed by atoms with Crippen molar-refractivity contribution in [3.05, 3.63) is 33.9 Å². The van der Waals surface area contributed by atoms with Crippen LogP contribution in [-0.4, -0.2) is 58.1 Å². The number of nitrogens with zero attached hydrogens (tertiary/aromatic N) is 2. The lowest BCUT2D eigenvalue weighted by Gasteiger charge is -2.32. The van der Waals surface area contributed by atoms with Crippen LogP contribution < -0.4 is 4.74 Å². The van der Waals surface area contributed by atoms with Crippen LogP contribution >= 0.6 is 0 Å². The van der Waals surface area contributed by atoms with Gasteiger partial charge >= 0.3 is 17.7 Å². The standard InChI is InChI=1S/C19H24N2O8/c1-19(2,3)29-18(25)20-8-6-12(7-9-20)17(24)13-4-5-15(28-11-16(22)23)14(10-13)21(26)27/h4-5,10,12H,6-9,11H2,1-3H3,(H,22,23). The van der Waals surface area contributed by atoms with Gasteiger partial charge in [0.2, 0.25) is 0 Å². The Bertz CT molecular complexity index is 807. The van der Waals surface area contributed by atoms with Gasteiger partial charge in [0.05, 0.1) is 4.92 Å². The van der Waals surface area contributed by atoms with E-state index in [2.05, 4.69) is 0 Å². The number of likely N-dealkylation sites (tertiary alicyclic amines) is 1. The van der Waals surface area contributed by atoms with Crippen LogP contribution in [0.3, 0.4) is 0 Å². The molecular formula is C19H24N2O8. The smallest absolute Gasteiger partial charge is 0.410 e. The van der Waals surface area contributed by atoms with E-state index < -0.39 is 34.9 Å². The van der Waals surface area contributed by atoms with E-state index in [0.717, 1.165) is 6.07 Å². The normalized spacial score (nSPS) is 14.9. The van der Waals surface area contributed by atoms with Gasteiger partial charge in [-0.25, -0.2) is 9.59 Å². The van der Waals surface area contributed by atoms with Gasteiger partial charge in [0, 0.05) is 30.6 Å². The number of amides is 1. The number of rotatable bonds is 6. The zero-order chi connectivity index (χ0) is 21.8. The molecule has 1 aromatic rings. The Morgan fingerprint density at radius 3 is 2.38 bits per heavy atom. The number of carboxylic acid groups (broad SMARTS) is 1. The van der Waals surface area contributed by atoms with Crippen LogP contribution in [0.25, 0.3) is 0 Å². The number of carbonyl (C=O) groups is 3. The van der Waals surface area contributed by atoms with Crippen LogP contribution in [0.5, 0.6) is 5.75 Å². The van der Waals surface area contributed by atoms with Crippen molar-refractivity contribution in [1.29, 1.82) is 0 Å². The van der Waals surface area contributed by atoms with Crippen molar-refractivity contribution in [1.82, 2.24) is 4.90 Å². The second kappa shape index (κ2) is 8.89. The van der Waals surface area contributed by atoms with Crippen LogP contribution in [0, 0.1) is 16.0 Å². The highest BCUT2D eigenvalue weighted by Crippen LogP contribution is 2.30. The molecule has 1 amide bonds. The maximum atomic E-state index is 12.8. The molecule has 0 saturated carbocycles. The summed E-state index contributed by atoms with van der Waals surface area (Å²) in [5, 5.41) is 19.9. The zero-order valence-electron chi connectivity index (χ0n) is 16.5. The number of Topliss-reactive ketones (excluding diaryl/α,β-unsaturated/α-hetero) is 1. The van der Waals surface area contributed by atoms with Crippen LogP contribution in [0.1, 0.15) is 44.0 Å². The minimum atomic E-state index is -1.27. The maximum Gasteiger partial charge on any atom is 0.410 e. The summed E-state index contributed by atoms with van der Waals surface area (Å²) in [5.74, 6) is -2.12. The van der Waals surface area contributed by atoms with Gasteiger partial charge in [-0.15, -0.1) is 0 Å². The number of hydrogen-bond donors (Lipinski definition) is 1. The molecule has 0 aliphatic carbocycles. The summed E-state index contributed by atoms with van der Waals surface area (Å²) in [6.45, 7) is 5.31. The van der Waals surface area contributed by atoms with Gasteiger partial charge in [-0.2, -0.15) is 0 Å². The Hall–Kier alpha value is -3.17. The van der Waals surface area contributed by atoms with E-state index in [1.54, 1.807) is 25.7 Å². The topological polar surface area (TPSA) is 136 Å². The summed E-state index contributed by atoms with van der Waals surface area (Å²) in [6.07, 6.45) is 0.408. The number of hydrogen-bond acceptors (Lipinski definition) is 7. The third kappa shape index (κ3) is 6.16. The minimum absolute atomic E-state index is 0.148. The van der Waals surface area contributed by atoms with E-state index in [1.807, 2.05) is 0 Å². The molecule has 0 atom stereocenters. The fourth-order valence-electron chi connectivity index (χ4n) is 2.96. The van der Waals surface area contributed by atoms with Crippen molar-refractivity contribution < 1.29 is 33.9 Å². The zero-order valence-corrected chi connectivity index (χ0v) is 16.5. The molecule has 0 spiro atoms. The van der Waals surface area contributed by atoms with Gasteiger partial charge in [0.25, 0.3) is 0 Å². The van der Waals surface area contributed by atoms with Crippen LogP contribution in [-0.2, 0) is 9.53 Å². The molecular weight excluding hydrogens is 384 g/mol. The molecule has 2 rings (SSSR count). The van der Waals surface area contributed by atoms with E-state index >= 15 is 0 Å². The number of nitro benzene ring substituents is 1. The molecule has 29 heavy (non-hydrogen) atoms. The van der Waals surface area contributed by atoms with Gasteiger partial charge in [0.1, 0.15) is 5.60 Å². The Morgan fingerprint density at radius 1 is 1.24 bits per heavy atom. The molecule has 1 fully saturated rings. The van der Waals surface area contributed by atoms with Crippen molar-refractivity contribution in [2.24, 2.45) is 5.92 Å². The highest BCUT2D eigenvalue weighted by molar-refractivity contribution is 5.98. The second-order valence-corrected chi connectivity index (χ2v) is 7.73. The summed E-state index contributed by atoms with van der Waals surface area (Å²) < 4.78 is 10.2. The monoisotopic (exact) mass is 408 g/mol. The average Bonchev–Trinajstić information content (AvgIpc) is 2.64. The lowest BCUT2D eigenvalue weighted by atomic mass is 9.89. The number of carboxylic acids is 1. The van der Waals surface area contributed by atoms with E-state index in [9.17, 15) is 24.5 Å². The second-order valence-electron chi connectivity index (χ2n) is 7.73.